The molecule has 1 atom stereocenters. The van der Waals surface area contributed by atoms with E-state index in [1.807, 2.05) is 6.92 Å². The monoisotopic (exact) mass is 302 g/mol. The number of rotatable bonds is 4. The smallest absolute Gasteiger partial charge is 0.389 e. The molecule has 0 spiro atoms. The first-order valence-corrected chi connectivity index (χ1v) is 6.97. The molecule has 1 aromatic carbocycles. The summed E-state index contributed by atoms with van der Waals surface area (Å²) < 4.78 is 38.1. The van der Waals surface area contributed by atoms with Crippen LogP contribution in [0.15, 0.2) is 18.2 Å². The minimum Gasteiger partial charge on any atom is -0.389 e. The van der Waals surface area contributed by atoms with Crippen molar-refractivity contribution in [3.8, 4) is 0 Å². The Bertz CT molecular complexity index is 510. The standard InChI is InChI=1S/C14H17F3N2S/c1-8(9-3-2-4-9)19-12-6-5-10(14(15,16)17)7-11(12)13(18)20/h5-9,19H,2-4H2,1H3,(H2,18,20). The van der Waals surface area contributed by atoms with E-state index in [-0.39, 0.29) is 16.6 Å². The molecule has 1 fully saturated rings. The average Bonchev–Trinajstić information content (AvgIpc) is 2.24. The van der Waals surface area contributed by atoms with Crippen molar-refractivity contribution in [2.75, 3.05) is 5.32 Å². The normalized spacial score (nSPS) is 17.4. The van der Waals surface area contributed by atoms with Gasteiger partial charge in [-0.15, -0.1) is 0 Å². The highest BCUT2D eigenvalue weighted by atomic mass is 32.1. The van der Waals surface area contributed by atoms with Crippen molar-refractivity contribution >= 4 is 22.9 Å². The maximum absolute atomic E-state index is 12.7. The summed E-state index contributed by atoms with van der Waals surface area (Å²) in [6.45, 7) is 2.03. The molecular weight excluding hydrogens is 285 g/mol. The van der Waals surface area contributed by atoms with Crippen LogP contribution in [0.2, 0.25) is 0 Å². The van der Waals surface area contributed by atoms with Crippen LogP contribution in [0.25, 0.3) is 0 Å². The van der Waals surface area contributed by atoms with E-state index in [4.69, 9.17) is 18.0 Å². The second-order valence-electron chi connectivity index (χ2n) is 5.25. The van der Waals surface area contributed by atoms with Crippen LogP contribution in [0.5, 0.6) is 0 Å². The van der Waals surface area contributed by atoms with Gasteiger partial charge in [0.05, 0.1) is 5.56 Å². The SMILES string of the molecule is CC(Nc1ccc(C(F)(F)F)cc1C(N)=S)C1CCC1. The van der Waals surface area contributed by atoms with Crippen molar-refractivity contribution in [2.45, 2.75) is 38.4 Å². The van der Waals surface area contributed by atoms with Crippen molar-refractivity contribution in [3.63, 3.8) is 0 Å². The Labute approximate surface area is 121 Å². The van der Waals surface area contributed by atoms with Crippen LogP contribution in [-0.4, -0.2) is 11.0 Å². The Morgan fingerprint density at radius 3 is 2.50 bits per heavy atom. The molecule has 0 bridgehead atoms. The van der Waals surface area contributed by atoms with Gasteiger partial charge < -0.3 is 11.1 Å². The molecule has 1 aromatic rings. The van der Waals surface area contributed by atoms with Crippen LogP contribution < -0.4 is 11.1 Å². The van der Waals surface area contributed by atoms with Crippen molar-refractivity contribution in [1.82, 2.24) is 0 Å². The third kappa shape index (κ3) is 3.23. The molecule has 6 heteroatoms. The van der Waals surface area contributed by atoms with Crippen LogP contribution in [0.4, 0.5) is 18.9 Å². The first-order chi connectivity index (χ1) is 9.29. The van der Waals surface area contributed by atoms with E-state index in [1.54, 1.807) is 0 Å². The largest absolute Gasteiger partial charge is 0.416 e. The highest BCUT2D eigenvalue weighted by molar-refractivity contribution is 7.80. The maximum Gasteiger partial charge on any atom is 0.416 e. The Morgan fingerprint density at radius 1 is 1.40 bits per heavy atom. The van der Waals surface area contributed by atoms with E-state index in [0.717, 1.165) is 25.0 Å². The Morgan fingerprint density at radius 2 is 2.05 bits per heavy atom. The van der Waals surface area contributed by atoms with Gasteiger partial charge in [-0.2, -0.15) is 13.2 Å². The molecule has 0 radical (unpaired) electrons. The van der Waals surface area contributed by atoms with Gasteiger partial charge in [0.2, 0.25) is 0 Å². The van der Waals surface area contributed by atoms with Crippen LogP contribution in [-0.2, 0) is 6.18 Å². The Balaban J connectivity index is 2.25. The van der Waals surface area contributed by atoms with E-state index in [0.29, 0.717) is 11.6 Å². The lowest BCUT2D eigenvalue weighted by Crippen LogP contribution is -2.31. The summed E-state index contributed by atoms with van der Waals surface area (Å²) in [5, 5.41) is 3.24. The first-order valence-electron chi connectivity index (χ1n) is 6.56. The second kappa shape index (κ2) is 5.60. The topological polar surface area (TPSA) is 38.0 Å². The number of hydrogen-bond donors (Lipinski definition) is 2. The highest BCUT2D eigenvalue weighted by Crippen LogP contribution is 2.34. The molecule has 2 nitrogen and oxygen atoms in total. The minimum absolute atomic E-state index is 0.0283. The Kier molecular flexibility index (Phi) is 4.22. The molecule has 0 aliphatic heterocycles. The molecule has 0 aromatic heterocycles. The Hall–Kier alpha value is -1.30. The molecule has 0 amide bonds. The lowest BCUT2D eigenvalue weighted by atomic mass is 9.80. The zero-order chi connectivity index (χ0) is 14.9. The fourth-order valence-corrected chi connectivity index (χ4v) is 2.52. The van der Waals surface area contributed by atoms with Crippen LogP contribution in [0.3, 0.4) is 0 Å². The fraction of sp³-hybridized carbons (Fsp3) is 0.500. The number of benzene rings is 1. The van der Waals surface area contributed by atoms with Crippen molar-refractivity contribution in [2.24, 2.45) is 11.7 Å². The zero-order valence-corrected chi connectivity index (χ0v) is 11.9. The number of anilines is 1. The number of nitrogens with one attached hydrogen (secondary N) is 1. The summed E-state index contributed by atoms with van der Waals surface area (Å²) in [6.07, 6.45) is -0.877. The van der Waals surface area contributed by atoms with Gasteiger partial charge in [0.25, 0.3) is 0 Å². The van der Waals surface area contributed by atoms with Crippen molar-refractivity contribution in [1.29, 1.82) is 0 Å². The lowest BCUT2D eigenvalue weighted by Gasteiger charge is -2.33. The predicted molar refractivity (Wildman–Crippen MR) is 77.8 cm³/mol. The van der Waals surface area contributed by atoms with Crippen LogP contribution in [0.1, 0.15) is 37.3 Å². The summed E-state index contributed by atoms with van der Waals surface area (Å²) in [6, 6.07) is 3.68. The molecule has 0 saturated heterocycles. The van der Waals surface area contributed by atoms with Gasteiger partial charge in [0, 0.05) is 17.3 Å². The minimum atomic E-state index is -4.39. The zero-order valence-electron chi connectivity index (χ0n) is 11.1. The maximum atomic E-state index is 12.7. The summed E-state index contributed by atoms with van der Waals surface area (Å²) in [4.78, 5) is -0.0283. The first kappa shape index (κ1) is 15.1. The molecular formula is C14H17F3N2S. The molecule has 0 heterocycles. The van der Waals surface area contributed by atoms with Gasteiger partial charge in [-0.05, 0) is 43.9 Å². The van der Waals surface area contributed by atoms with Gasteiger partial charge in [0.15, 0.2) is 0 Å². The van der Waals surface area contributed by atoms with Gasteiger partial charge >= 0.3 is 6.18 Å². The summed E-state index contributed by atoms with van der Waals surface area (Å²) in [5.74, 6) is 0.566. The second-order valence-corrected chi connectivity index (χ2v) is 5.69. The third-order valence-corrected chi connectivity index (χ3v) is 4.07. The van der Waals surface area contributed by atoms with E-state index in [1.165, 1.54) is 12.5 Å². The molecule has 110 valence electrons. The molecule has 20 heavy (non-hydrogen) atoms. The fourth-order valence-electron chi connectivity index (χ4n) is 2.35. The number of halogens is 3. The van der Waals surface area contributed by atoms with Gasteiger partial charge in [-0.3, -0.25) is 0 Å². The van der Waals surface area contributed by atoms with E-state index >= 15 is 0 Å². The molecule has 1 saturated carbocycles. The number of thiocarbonyl (C=S) groups is 1. The number of alkyl halides is 3. The molecule has 2 rings (SSSR count). The highest BCUT2D eigenvalue weighted by Gasteiger charge is 2.31. The van der Waals surface area contributed by atoms with Crippen molar-refractivity contribution < 1.29 is 13.2 Å². The lowest BCUT2D eigenvalue weighted by molar-refractivity contribution is -0.137. The quantitative estimate of drug-likeness (QED) is 0.827. The molecule has 1 unspecified atom stereocenters. The van der Waals surface area contributed by atoms with Gasteiger partial charge in [0.1, 0.15) is 4.99 Å². The predicted octanol–water partition coefficient (Wildman–Crippen LogP) is 3.94. The summed E-state index contributed by atoms with van der Waals surface area (Å²) >= 11 is 4.86. The average molecular weight is 302 g/mol. The summed E-state index contributed by atoms with van der Waals surface area (Å²) in [5.41, 5.74) is 5.64. The third-order valence-electron chi connectivity index (χ3n) is 3.85. The molecule has 3 N–H and O–H groups in total. The number of hydrogen-bond acceptors (Lipinski definition) is 2. The molecule has 1 aliphatic carbocycles. The summed E-state index contributed by atoms with van der Waals surface area (Å²) in [7, 11) is 0. The van der Waals surface area contributed by atoms with E-state index in [9.17, 15) is 13.2 Å². The van der Waals surface area contributed by atoms with Crippen molar-refractivity contribution in [3.05, 3.63) is 29.3 Å². The number of nitrogens with two attached hydrogens (primary N) is 1. The van der Waals surface area contributed by atoms with E-state index < -0.39 is 11.7 Å². The van der Waals surface area contributed by atoms with Gasteiger partial charge in [-0.25, -0.2) is 0 Å². The van der Waals surface area contributed by atoms with Crippen LogP contribution >= 0.6 is 12.2 Å². The van der Waals surface area contributed by atoms with Crippen LogP contribution in [0, 0.1) is 5.92 Å². The van der Waals surface area contributed by atoms with E-state index in [2.05, 4.69) is 5.32 Å². The molecule has 1 aliphatic rings. The van der Waals surface area contributed by atoms with Gasteiger partial charge in [-0.1, -0.05) is 18.6 Å².